The molecule has 0 saturated carbocycles. The number of carbonyl (C=O) groups is 1. The number of ether oxygens (including phenoxy) is 1. The second-order valence-electron chi connectivity index (χ2n) is 22.0. The molecule has 0 fully saturated rings. The van der Waals surface area contributed by atoms with Crippen molar-refractivity contribution in [3.05, 3.63) is 314 Å². The molecule has 0 aliphatic carbocycles. The summed E-state index contributed by atoms with van der Waals surface area (Å²) in [5.41, 5.74) is 23.8. The second-order valence-corrected chi connectivity index (χ2v) is 22.0. The number of esters is 1. The molecule has 0 saturated heterocycles. The summed E-state index contributed by atoms with van der Waals surface area (Å²) in [6.45, 7) is 0.199. The van der Waals surface area contributed by atoms with Gasteiger partial charge in [0.25, 0.3) is 6.71 Å². The molecule has 404 valence electrons. The third kappa shape index (κ3) is 8.74. The van der Waals surface area contributed by atoms with Gasteiger partial charge in [-0.1, -0.05) is 206 Å². The predicted molar refractivity (Wildman–Crippen MR) is 353 cm³/mol. The van der Waals surface area contributed by atoms with Gasteiger partial charge in [-0.15, -0.1) is 0 Å². The number of carbonyl (C=O) groups excluding carboxylic acids is 1. The van der Waals surface area contributed by atoms with Crippen molar-refractivity contribution in [2.24, 2.45) is 0 Å². The molecule has 86 heavy (non-hydrogen) atoms. The van der Waals surface area contributed by atoms with Crippen molar-refractivity contribution >= 4 is 85.0 Å². The highest BCUT2D eigenvalue weighted by Crippen LogP contribution is 2.47. The topological polar surface area (TPSA) is 63.5 Å². The lowest BCUT2D eigenvalue weighted by Crippen LogP contribution is -2.61. The summed E-state index contributed by atoms with van der Waals surface area (Å²) < 4.78 is 8.20. The fraction of sp³-hybridized carbons (Fsp3) is 0.0128. The van der Waals surface area contributed by atoms with Gasteiger partial charge < -0.3 is 19.1 Å². The number of anilines is 6. The lowest BCUT2D eigenvalue weighted by atomic mass is 9.33. The van der Waals surface area contributed by atoms with Gasteiger partial charge in [-0.3, -0.25) is 0 Å². The third-order valence-electron chi connectivity index (χ3n) is 16.9. The largest absolute Gasteiger partial charge is 0.457 e. The van der Waals surface area contributed by atoms with Crippen LogP contribution in [0, 0.1) is 0 Å². The first-order valence-electron chi connectivity index (χ1n) is 29.1. The van der Waals surface area contributed by atoms with E-state index in [0.29, 0.717) is 11.4 Å². The van der Waals surface area contributed by atoms with Crippen molar-refractivity contribution in [2.75, 3.05) is 9.80 Å². The molecule has 2 aromatic heterocycles. The summed E-state index contributed by atoms with van der Waals surface area (Å²) in [5.74, 6) is 0.245. The van der Waals surface area contributed by atoms with Crippen molar-refractivity contribution < 1.29 is 9.53 Å². The Bertz CT molecular complexity index is 4730. The maximum absolute atomic E-state index is 13.8. The summed E-state index contributed by atoms with van der Waals surface area (Å²) in [6, 6.07) is 107. The van der Waals surface area contributed by atoms with Crippen molar-refractivity contribution in [2.45, 2.75) is 6.61 Å². The molecule has 7 nitrogen and oxygen atoms in total. The van der Waals surface area contributed by atoms with Gasteiger partial charge in [-0.05, 0) is 136 Å². The van der Waals surface area contributed by atoms with Gasteiger partial charge in [-0.25, -0.2) is 14.8 Å². The van der Waals surface area contributed by atoms with E-state index in [4.69, 9.17) is 14.7 Å². The van der Waals surface area contributed by atoms with Crippen LogP contribution in [0.5, 0.6) is 0 Å². The minimum atomic E-state index is -0.372. The van der Waals surface area contributed by atoms with Crippen LogP contribution in [0.15, 0.2) is 303 Å². The average molecular weight is 1100 g/mol. The van der Waals surface area contributed by atoms with Crippen molar-refractivity contribution in [3.63, 3.8) is 0 Å². The molecule has 0 atom stereocenters. The van der Waals surface area contributed by atoms with Crippen LogP contribution in [0.4, 0.5) is 34.1 Å². The molecule has 8 heteroatoms. The summed E-state index contributed by atoms with van der Waals surface area (Å²) in [7, 11) is 0. The predicted octanol–water partition coefficient (Wildman–Crippen LogP) is 17.3. The van der Waals surface area contributed by atoms with Crippen molar-refractivity contribution in [1.29, 1.82) is 0 Å². The van der Waals surface area contributed by atoms with E-state index in [9.17, 15) is 4.79 Å². The number of benzene rings is 12. The zero-order valence-electron chi connectivity index (χ0n) is 46.7. The van der Waals surface area contributed by atoms with E-state index >= 15 is 0 Å². The molecule has 0 radical (unpaired) electrons. The van der Waals surface area contributed by atoms with Crippen LogP contribution >= 0.6 is 0 Å². The Morgan fingerprint density at radius 1 is 0.372 bits per heavy atom. The molecule has 14 aromatic rings. The fourth-order valence-electron chi connectivity index (χ4n) is 13.0. The highest BCUT2D eigenvalue weighted by molar-refractivity contribution is 7.00. The molecule has 0 N–H and O–H groups in total. The van der Waals surface area contributed by atoms with Gasteiger partial charge in [0.2, 0.25) is 0 Å². The molecule has 0 amide bonds. The highest BCUT2D eigenvalue weighted by atomic mass is 16.5. The number of aromatic nitrogens is 3. The first-order chi connectivity index (χ1) is 42.6. The minimum absolute atomic E-state index is 0.0106. The molecule has 2 aliphatic rings. The number of hydrogen-bond donors (Lipinski definition) is 0. The van der Waals surface area contributed by atoms with Crippen LogP contribution in [0.25, 0.3) is 83.6 Å². The molecule has 4 heterocycles. The standard InChI is InChI=1S/C78H52BN5O2/c85-78(86-51-52-22-6-1-7-23-52)58-43-45-71-64(47-58)62-32-16-19-35-69(62)84(71)70-44-42-57(77-80-67(55-24-8-2-9-25-55)50-68(81-77)56-26-10-3-11-27-56)46-63(70)54-40-38-53(39-41-54)59-48-74-76-75(49-59)83(61-30-14-5-15-31-61)73-37-21-18-34-66(73)79(76)65-33-17-20-36-72(65)82(74)60-28-12-4-13-29-60/h1-50H,51H2. The number of fused-ring (bicyclic) bond motifs is 7. The molecule has 0 spiro atoms. The molecule has 2 aliphatic heterocycles. The normalized spacial score (nSPS) is 12.2. The average Bonchev–Trinajstić information content (AvgIpc) is 0.925. The van der Waals surface area contributed by atoms with Crippen molar-refractivity contribution in [3.8, 4) is 61.8 Å². The van der Waals surface area contributed by atoms with Gasteiger partial charge in [-0.2, -0.15) is 0 Å². The Morgan fingerprint density at radius 3 is 1.48 bits per heavy atom. The first kappa shape index (κ1) is 50.4. The second kappa shape index (κ2) is 21.1. The van der Waals surface area contributed by atoms with Gasteiger partial charge in [0, 0.05) is 67.2 Å². The summed E-state index contributed by atoms with van der Waals surface area (Å²) >= 11 is 0. The number of nitrogens with zero attached hydrogens (tertiary/aromatic N) is 5. The zero-order chi connectivity index (χ0) is 57.1. The summed E-state index contributed by atoms with van der Waals surface area (Å²) in [5, 5.41) is 1.97. The number of hydrogen-bond acceptors (Lipinski definition) is 6. The van der Waals surface area contributed by atoms with E-state index in [-0.39, 0.29) is 19.3 Å². The van der Waals surface area contributed by atoms with E-state index in [1.54, 1.807) is 0 Å². The Balaban J connectivity index is 0.883. The highest BCUT2D eigenvalue weighted by Gasteiger charge is 2.43. The van der Waals surface area contributed by atoms with E-state index in [1.165, 1.54) is 27.8 Å². The maximum atomic E-state index is 13.8. The smallest absolute Gasteiger partial charge is 0.338 e. The Labute approximate surface area is 499 Å². The number of para-hydroxylation sites is 5. The van der Waals surface area contributed by atoms with Gasteiger partial charge in [0.15, 0.2) is 5.82 Å². The summed E-state index contributed by atoms with van der Waals surface area (Å²) in [6.07, 6.45) is 0. The van der Waals surface area contributed by atoms with Gasteiger partial charge in [0.1, 0.15) is 6.61 Å². The fourth-order valence-corrected chi connectivity index (χ4v) is 13.0. The third-order valence-corrected chi connectivity index (χ3v) is 16.9. The summed E-state index contributed by atoms with van der Waals surface area (Å²) in [4.78, 5) is 29.3. The quantitative estimate of drug-likeness (QED) is 0.0950. The zero-order valence-corrected chi connectivity index (χ0v) is 46.7. The van der Waals surface area contributed by atoms with Crippen LogP contribution in [0.2, 0.25) is 0 Å². The van der Waals surface area contributed by atoms with Crippen LogP contribution < -0.4 is 26.2 Å². The Morgan fingerprint density at radius 2 is 0.872 bits per heavy atom. The van der Waals surface area contributed by atoms with Gasteiger partial charge in [0.05, 0.1) is 33.7 Å². The molecule has 0 bridgehead atoms. The lowest BCUT2D eigenvalue weighted by molar-refractivity contribution is 0.0473. The maximum Gasteiger partial charge on any atom is 0.338 e. The lowest BCUT2D eigenvalue weighted by Gasteiger charge is -2.44. The van der Waals surface area contributed by atoms with Crippen LogP contribution in [-0.4, -0.2) is 27.2 Å². The monoisotopic (exact) mass is 1100 g/mol. The molecule has 16 rings (SSSR count). The van der Waals surface area contributed by atoms with E-state index in [2.05, 4.69) is 239 Å². The van der Waals surface area contributed by atoms with Crippen molar-refractivity contribution in [1.82, 2.24) is 14.5 Å². The Hall–Kier alpha value is -11.3. The van der Waals surface area contributed by atoms with Crippen LogP contribution in [-0.2, 0) is 11.3 Å². The molecule has 12 aromatic carbocycles. The van der Waals surface area contributed by atoms with Crippen LogP contribution in [0.1, 0.15) is 15.9 Å². The molecular weight excluding hydrogens is 1050 g/mol. The van der Waals surface area contributed by atoms with Gasteiger partial charge >= 0.3 is 5.97 Å². The van der Waals surface area contributed by atoms with E-state index < -0.39 is 0 Å². The molecule has 0 unspecified atom stereocenters. The minimum Gasteiger partial charge on any atom is -0.457 e. The molecular formula is C78H52BN5O2. The van der Waals surface area contributed by atoms with E-state index in [0.717, 1.165) is 106 Å². The number of rotatable bonds is 11. The SMILES string of the molecule is O=C(OCc1ccccc1)c1ccc2c(c1)c1ccccc1n2-c1ccc(-c2nc(-c3ccccc3)cc(-c3ccccc3)n2)cc1-c1ccc(-c2cc3c4c(c2)N(c2ccccc2)c2ccccc2B4c2ccccc2N3c2ccccc2)cc1. The Kier molecular flexibility index (Phi) is 12.4. The van der Waals surface area contributed by atoms with Crippen LogP contribution in [0.3, 0.4) is 0 Å². The first-order valence-corrected chi connectivity index (χ1v) is 29.1. The van der Waals surface area contributed by atoms with E-state index in [1.807, 2.05) is 78.9 Å².